The Morgan fingerprint density at radius 2 is 1.17 bits per heavy atom. The Labute approximate surface area is 139 Å². The van der Waals surface area contributed by atoms with Crippen LogP contribution in [0.4, 0.5) is 0 Å². The van der Waals surface area contributed by atoms with E-state index < -0.39 is 0 Å². The van der Waals surface area contributed by atoms with E-state index >= 15 is 0 Å². The highest BCUT2D eigenvalue weighted by atomic mass is 16.1. The molecule has 0 aromatic heterocycles. The van der Waals surface area contributed by atoms with Crippen molar-refractivity contribution in [2.75, 3.05) is 0 Å². The van der Waals surface area contributed by atoms with Gasteiger partial charge in [-0.1, -0.05) is 78.9 Å². The van der Waals surface area contributed by atoms with E-state index in [1.807, 2.05) is 54.6 Å². The van der Waals surface area contributed by atoms with Crippen LogP contribution in [-0.2, 0) is 0 Å². The molecule has 0 spiro atoms. The molecular weight excluding hydrogens is 292 g/mol. The molecule has 112 valence electrons. The molecule has 1 nitrogen and oxygen atoms in total. The minimum absolute atomic E-state index is 0.123. The number of hydrogen-bond acceptors (Lipinski definition) is 1. The third-order valence-electron chi connectivity index (χ3n) is 4.80. The van der Waals surface area contributed by atoms with Gasteiger partial charge >= 0.3 is 0 Å². The third kappa shape index (κ3) is 1.73. The quantitative estimate of drug-likeness (QED) is 0.393. The molecule has 0 radical (unpaired) electrons. The Balaban J connectivity index is 2.12. The highest BCUT2D eigenvalue weighted by molar-refractivity contribution is 6.25. The standard InChI is InChI=1S/C23H14O/c24-23-19-13-7-6-11-17(19)18-12-5-4-10-16-14-20(22(23)21(16)18)15-8-2-1-3-9-15/h1-14H. The highest BCUT2D eigenvalue weighted by Crippen LogP contribution is 2.37. The van der Waals surface area contributed by atoms with Crippen LogP contribution in [0.25, 0.3) is 43.4 Å². The van der Waals surface area contributed by atoms with Gasteiger partial charge in [-0.15, -0.1) is 0 Å². The van der Waals surface area contributed by atoms with Crippen LogP contribution in [-0.4, -0.2) is 0 Å². The van der Waals surface area contributed by atoms with E-state index in [1.165, 1.54) is 0 Å². The molecule has 0 N–H and O–H groups in total. The van der Waals surface area contributed by atoms with Gasteiger partial charge in [-0.3, -0.25) is 4.79 Å². The van der Waals surface area contributed by atoms with Gasteiger partial charge in [0.15, 0.2) is 5.43 Å². The van der Waals surface area contributed by atoms with Crippen molar-refractivity contribution in [1.29, 1.82) is 0 Å². The van der Waals surface area contributed by atoms with Crippen molar-refractivity contribution in [3.63, 3.8) is 0 Å². The zero-order valence-corrected chi connectivity index (χ0v) is 13.0. The molecule has 5 rings (SSSR count). The van der Waals surface area contributed by atoms with Gasteiger partial charge in [0.1, 0.15) is 0 Å². The summed E-state index contributed by atoms with van der Waals surface area (Å²) in [6, 6.07) is 28.5. The maximum absolute atomic E-state index is 13.3. The molecule has 0 amide bonds. The summed E-state index contributed by atoms with van der Waals surface area (Å²) in [4.78, 5) is 13.3. The van der Waals surface area contributed by atoms with Crippen LogP contribution in [0.5, 0.6) is 0 Å². The fourth-order valence-corrected chi connectivity index (χ4v) is 3.75. The monoisotopic (exact) mass is 306 g/mol. The number of rotatable bonds is 1. The van der Waals surface area contributed by atoms with E-state index in [0.717, 1.165) is 43.4 Å². The van der Waals surface area contributed by atoms with Crippen LogP contribution < -0.4 is 5.43 Å². The lowest BCUT2D eigenvalue weighted by atomic mass is 9.98. The molecule has 0 bridgehead atoms. The van der Waals surface area contributed by atoms with Gasteiger partial charge in [-0.25, -0.2) is 0 Å². The Hall–Kier alpha value is -3.19. The normalized spacial score (nSPS) is 11.5. The van der Waals surface area contributed by atoms with Crippen molar-refractivity contribution in [1.82, 2.24) is 0 Å². The SMILES string of the molecule is O=c1c2ccccc2c2ccccc3cc(-c4ccccc4)c1c32. The number of benzene rings is 3. The molecule has 0 saturated heterocycles. The molecule has 0 aliphatic carbocycles. The summed E-state index contributed by atoms with van der Waals surface area (Å²) in [6.45, 7) is 0. The minimum atomic E-state index is 0.123. The van der Waals surface area contributed by atoms with E-state index in [4.69, 9.17) is 0 Å². The van der Waals surface area contributed by atoms with Crippen LogP contribution in [0.3, 0.4) is 0 Å². The van der Waals surface area contributed by atoms with Crippen LogP contribution >= 0.6 is 0 Å². The lowest BCUT2D eigenvalue weighted by Crippen LogP contribution is -2.02. The maximum atomic E-state index is 13.3. The molecule has 0 saturated carbocycles. The number of hydrogen-bond donors (Lipinski definition) is 0. The van der Waals surface area contributed by atoms with E-state index in [2.05, 4.69) is 30.3 Å². The average Bonchev–Trinajstić information content (AvgIpc) is 2.89. The highest BCUT2D eigenvalue weighted by Gasteiger charge is 2.16. The lowest BCUT2D eigenvalue weighted by molar-refractivity contribution is 1.68. The Morgan fingerprint density at radius 1 is 0.542 bits per heavy atom. The van der Waals surface area contributed by atoms with Gasteiger partial charge in [0.05, 0.1) is 0 Å². The van der Waals surface area contributed by atoms with Crippen molar-refractivity contribution in [2.45, 2.75) is 0 Å². The fraction of sp³-hybridized carbons (Fsp3) is 0. The maximum Gasteiger partial charge on any atom is 0.194 e. The Morgan fingerprint density at radius 3 is 1.96 bits per heavy atom. The first-order valence-electron chi connectivity index (χ1n) is 8.10. The topological polar surface area (TPSA) is 17.1 Å². The van der Waals surface area contributed by atoms with E-state index in [9.17, 15) is 4.79 Å². The second kappa shape index (κ2) is 4.90. The van der Waals surface area contributed by atoms with E-state index in [0.29, 0.717) is 0 Å². The van der Waals surface area contributed by atoms with Crippen LogP contribution in [0.15, 0.2) is 89.7 Å². The summed E-state index contributed by atoms with van der Waals surface area (Å²) in [7, 11) is 0. The molecule has 0 atom stereocenters. The molecular formula is C23H14O. The van der Waals surface area contributed by atoms with Crippen molar-refractivity contribution in [2.24, 2.45) is 0 Å². The van der Waals surface area contributed by atoms with Crippen molar-refractivity contribution in [3.05, 3.63) is 95.2 Å². The lowest BCUT2D eigenvalue weighted by Gasteiger charge is -2.04. The molecule has 0 heterocycles. The van der Waals surface area contributed by atoms with Crippen molar-refractivity contribution < 1.29 is 0 Å². The molecule has 1 heteroatoms. The first-order valence-corrected chi connectivity index (χ1v) is 8.10. The van der Waals surface area contributed by atoms with Gasteiger partial charge in [0.2, 0.25) is 0 Å². The van der Waals surface area contributed by atoms with E-state index in [1.54, 1.807) is 0 Å². The molecule has 5 aromatic carbocycles. The zero-order valence-electron chi connectivity index (χ0n) is 13.0. The predicted molar refractivity (Wildman–Crippen MR) is 102 cm³/mol. The minimum Gasteiger partial charge on any atom is -0.289 e. The van der Waals surface area contributed by atoms with Gasteiger partial charge < -0.3 is 0 Å². The average molecular weight is 306 g/mol. The third-order valence-corrected chi connectivity index (χ3v) is 4.80. The van der Waals surface area contributed by atoms with Crippen molar-refractivity contribution >= 4 is 32.3 Å². The largest absolute Gasteiger partial charge is 0.289 e. The zero-order chi connectivity index (χ0) is 16.1. The summed E-state index contributed by atoms with van der Waals surface area (Å²) in [5.74, 6) is 0. The summed E-state index contributed by atoms with van der Waals surface area (Å²) in [6.07, 6.45) is 0. The Kier molecular flexibility index (Phi) is 2.71. The van der Waals surface area contributed by atoms with Gasteiger partial charge in [-0.2, -0.15) is 0 Å². The molecule has 0 fully saturated rings. The molecule has 0 aliphatic heterocycles. The molecule has 0 aliphatic rings. The van der Waals surface area contributed by atoms with Gasteiger partial charge in [-0.05, 0) is 33.4 Å². The smallest absolute Gasteiger partial charge is 0.194 e. The predicted octanol–water partition coefficient (Wildman–Crippen LogP) is 5.61. The van der Waals surface area contributed by atoms with E-state index in [-0.39, 0.29) is 5.43 Å². The van der Waals surface area contributed by atoms with Crippen LogP contribution in [0.1, 0.15) is 0 Å². The first kappa shape index (κ1) is 13.3. The second-order valence-electron chi connectivity index (χ2n) is 6.14. The molecule has 0 unspecified atom stereocenters. The van der Waals surface area contributed by atoms with Crippen LogP contribution in [0.2, 0.25) is 0 Å². The van der Waals surface area contributed by atoms with Crippen molar-refractivity contribution in [3.8, 4) is 11.1 Å². The summed E-state index contributed by atoms with van der Waals surface area (Å²) in [5.41, 5.74) is 2.24. The van der Waals surface area contributed by atoms with Gasteiger partial charge in [0.25, 0.3) is 0 Å². The number of fused-ring (bicyclic) bond motifs is 2. The Bertz CT molecular complexity index is 1250. The summed E-state index contributed by atoms with van der Waals surface area (Å²) >= 11 is 0. The first-order chi connectivity index (χ1) is 11.8. The second-order valence-corrected chi connectivity index (χ2v) is 6.14. The fourth-order valence-electron chi connectivity index (χ4n) is 3.75. The van der Waals surface area contributed by atoms with Gasteiger partial charge in [0, 0.05) is 16.2 Å². The molecule has 5 aromatic rings. The summed E-state index contributed by atoms with van der Waals surface area (Å²) in [5, 5.41) is 5.99. The summed E-state index contributed by atoms with van der Waals surface area (Å²) < 4.78 is 0. The molecule has 24 heavy (non-hydrogen) atoms. The van der Waals surface area contributed by atoms with Crippen LogP contribution in [0, 0.1) is 0 Å².